The summed E-state index contributed by atoms with van der Waals surface area (Å²) in [6.07, 6.45) is 0.978. The van der Waals surface area contributed by atoms with Crippen LogP contribution in [0.1, 0.15) is 5.56 Å². The van der Waals surface area contributed by atoms with Crippen LogP contribution in [0.5, 0.6) is 5.75 Å². The zero-order chi connectivity index (χ0) is 20.8. The van der Waals surface area contributed by atoms with Gasteiger partial charge in [0, 0.05) is 23.3 Å². The van der Waals surface area contributed by atoms with Crippen molar-refractivity contribution in [3.8, 4) is 16.3 Å². The van der Waals surface area contributed by atoms with Crippen LogP contribution in [0.25, 0.3) is 10.6 Å². The lowest BCUT2D eigenvalue weighted by Gasteiger charge is -2.00. The SMILES string of the molecule is O=C(NN=Cc1cc([N+](=O)[O-])ccc1O)C(=O)Nc1nnc(-c2ccccc2)s1. The topological polar surface area (TPSA) is 160 Å². The summed E-state index contributed by atoms with van der Waals surface area (Å²) in [5.74, 6) is -2.40. The van der Waals surface area contributed by atoms with Crippen LogP contribution in [-0.4, -0.2) is 38.3 Å². The molecule has 29 heavy (non-hydrogen) atoms. The van der Waals surface area contributed by atoms with Gasteiger partial charge in [-0.25, -0.2) is 5.43 Å². The number of phenols is 1. The highest BCUT2D eigenvalue weighted by Crippen LogP contribution is 2.25. The van der Waals surface area contributed by atoms with Crippen molar-refractivity contribution in [2.45, 2.75) is 0 Å². The molecular weight excluding hydrogens is 400 g/mol. The van der Waals surface area contributed by atoms with Gasteiger partial charge in [-0.15, -0.1) is 10.2 Å². The Hall–Kier alpha value is -4.19. The number of aromatic nitrogens is 2. The fraction of sp³-hybridized carbons (Fsp3) is 0. The lowest BCUT2D eigenvalue weighted by molar-refractivity contribution is -0.384. The fourth-order valence-electron chi connectivity index (χ4n) is 2.10. The lowest BCUT2D eigenvalue weighted by Crippen LogP contribution is -2.32. The van der Waals surface area contributed by atoms with E-state index in [1.807, 2.05) is 35.8 Å². The third-order valence-electron chi connectivity index (χ3n) is 3.46. The predicted molar refractivity (Wildman–Crippen MR) is 104 cm³/mol. The summed E-state index contributed by atoms with van der Waals surface area (Å²) in [7, 11) is 0. The van der Waals surface area contributed by atoms with Gasteiger partial charge in [-0.3, -0.25) is 25.0 Å². The molecule has 0 atom stereocenters. The quantitative estimate of drug-likeness (QED) is 0.250. The molecule has 1 aromatic heterocycles. The van der Waals surface area contributed by atoms with Crippen molar-refractivity contribution in [1.82, 2.24) is 15.6 Å². The molecule has 0 saturated heterocycles. The number of phenolic OH excluding ortho intramolecular Hbond substituents is 1. The zero-order valence-electron chi connectivity index (χ0n) is 14.5. The van der Waals surface area contributed by atoms with Gasteiger partial charge in [-0.1, -0.05) is 41.7 Å². The lowest BCUT2D eigenvalue weighted by atomic mass is 10.2. The third kappa shape index (κ3) is 4.95. The Labute approximate surface area is 166 Å². The number of hydrazone groups is 1. The number of aromatic hydroxyl groups is 1. The van der Waals surface area contributed by atoms with Gasteiger partial charge in [0.2, 0.25) is 5.13 Å². The number of nitro groups is 1. The summed E-state index contributed by atoms with van der Waals surface area (Å²) < 4.78 is 0. The third-order valence-corrected chi connectivity index (χ3v) is 4.35. The van der Waals surface area contributed by atoms with E-state index in [1.54, 1.807) is 0 Å². The number of nitrogens with one attached hydrogen (secondary N) is 2. The molecule has 3 N–H and O–H groups in total. The number of benzene rings is 2. The van der Waals surface area contributed by atoms with E-state index in [4.69, 9.17) is 0 Å². The Morgan fingerprint density at radius 2 is 1.90 bits per heavy atom. The maximum atomic E-state index is 11.9. The Morgan fingerprint density at radius 3 is 2.62 bits per heavy atom. The number of nitro benzene ring substituents is 1. The molecule has 146 valence electrons. The van der Waals surface area contributed by atoms with Gasteiger partial charge >= 0.3 is 11.8 Å². The van der Waals surface area contributed by atoms with Gasteiger partial charge in [0.1, 0.15) is 10.8 Å². The number of hydrogen-bond acceptors (Lipinski definition) is 9. The van der Waals surface area contributed by atoms with E-state index in [2.05, 4.69) is 20.6 Å². The van der Waals surface area contributed by atoms with E-state index in [0.717, 1.165) is 41.3 Å². The van der Waals surface area contributed by atoms with Gasteiger partial charge in [0.25, 0.3) is 5.69 Å². The molecule has 0 fully saturated rings. The average molecular weight is 412 g/mol. The fourth-order valence-corrected chi connectivity index (χ4v) is 2.84. The van der Waals surface area contributed by atoms with E-state index in [-0.39, 0.29) is 22.1 Å². The first-order valence-corrected chi connectivity index (χ1v) is 8.76. The minimum absolute atomic E-state index is 0.00321. The molecule has 0 radical (unpaired) electrons. The summed E-state index contributed by atoms with van der Waals surface area (Å²) in [4.78, 5) is 33.8. The first-order valence-electron chi connectivity index (χ1n) is 7.95. The maximum absolute atomic E-state index is 11.9. The van der Waals surface area contributed by atoms with Gasteiger partial charge in [0.15, 0.2) is 0 Å². The number of carbonyl (C=O) groups is 2. The Balaban J connectivity index is 1.60. The smallest absolute Gasteiger partial charge is 0.329 e. The summed E-state index contributed by atoms with van der Waals surface area (Å²) in [6.45, 7) is 0. The van der Waals surface area contributed by atoms with Crippen LogP contribution in [0.3, 0.4) is 0 Å². The van der Waals surface area contributed by atoms with E-state index >= 15 is 0 Å². The first kappa shape index (κ1) is 19.6. The van der Waals surface area contributed by atoms with Crippen molar-refractivity contribution in [1.29, 1.82) is 0 Å². The van der Waals surface area contributed by atoms with E-state index < -0.39 is 16.7 Å². The monoisotopic (exact) mass is 412 g/mol. The van der Waals surface area contributed by atoms with Crippen LogP contribution in [0.4, 0.5) is 10.8 Å². The van der Waals surface area contributed by atoms with E-state index in [9.17, 15) is 24.8 Å². The van der Waals surface area contributed by atoms with Gasteiger partial charge < -0.3 is 5.11 Å². The Bertz CT molecular complexity index is 1100. The number of carbonyl (C=O) groups excluding carboxylic acids is 2. The molecule has 2 amide bonds. The number of non-ortho nitro benzene ring substituents is 1. The second-order valence-corrected chi connectivity index (χ2v) is 6.41. The van der Waals surface area contributed by atoms with Crippen molar-refractivity contribution >= 4 is 40.2 Å². The van der Waals surface area contributed by atoms with Gasteiger partial charge in [-0.05, 0) is 6.07 Å². The molecular formula is C17H12N6O5S. The molecule has 0 unspecified atom stereocenters. The molecule has 0 spiro atoms. The molecule has 11 nitrogen and oxygen atoms in total. The average Bonchev–Trinajstić information content (AvgIpc) is 3.18. The largest absolute Gasteiger partial charge is 0.507 e. The molecule has 0 aliphatic rings. The standard InChI is InChI=1S/C17H12N6O5S/c24-13-7-6-12(23(27)28)8-11(13)9-18-20-15(26)14(25)19-17-22-21-16(29-17)10-4-2-1-3-5-10/h1-9,24H,(H,20,26)(H,19,22,25). The highest BCUT2D eigenvalue weighted by molar-refractivity contribution is 7.18. The van der Waals surface area contributed by atoms with Gasteiger partial charge in [0.05, 0.1) is 11.1 Å². The highest BCUT2D eigenvalue weighted by atomic mass is 32.1. The minimum Gasteiger partial charge on any atom is -0.507 e. The highest BCUT2D eigenvalue weighted by Gasteiger charge is 2.16. The van der Waals surface area contributed by atoms with Crippen LogP contribution < -0.4 is 10.7 Å². The summed E-state index contributed by atoms with van der Waals surface area (Å²) >= 11 is 1.09. The Morgan fingerprint density at radius 1 is 1.14 bits per heavy atom. The number of rotatable bonds is 5. The normalized spacial score (nSPS) is 10.6. The van der Waals surface area contributed by atoms with Crippen LogP contribution in [0.15, 0.2) is 53.6 Å². The van der Waals surface area contributed by atoms with E-state index in [1.165, 1.54) is 0 Å². The van der Waals surface area contributed by atoms with Crippen LogP contribution in [0.2, 0.25) is 0 Å². The summed E-state index contributed by atoms with van der Waals surface area (Å²) in [5.41, 5.74) is 2.51. The summed E-state index contributed by atoms with van der Waals surface area (Å²) in [5, 5.41) is 34.7. The molecule has 3 aromatic rings. The van der Waals surface area contributed by atoms with Crippen LogP contribution in [0, 0.1) is 10.1 Å². The van der Waals surface area contributed by atoms with Crippen LogP contribution in [-0.2, 0) is 9.59 Å². The van der Waals surface area contributed by atoms with Crippen molar-refractivity contribution in [2.24, 2.45) is 5.10 Å². The number of amides is 2. The molecule has 12 heteroatoms. The number of hydrogen-bond donors (Lipinski definition) is 3. The molecule has 0 saturated carbocycles. The number of anilines is 1. The predicted octanol–water partition coefficient (Wildman–Crippen LogP) is 1.91. The second-order valence-electron chi connectivity index (χ2n) is 5.43. The molecule has 3 rings (SSSR count). The molecule has 1 heterocycles. The maximum Gasteiger partial charge on any atom is 0.329 e. The summed E-state index contributed by atoms with van der Waals surface area (Å²) in [6, 6.07) is 12.5. The van der Waals surface area contributed by atoms with E-state index in [0.29, 0.717) is 5.01 Å². The molecule has 0 bridgehead atoms. The van der Waals surface area contributed by atoms with Crippen molar-refractivity contribution in [2.75, 3.05) is 5.32 Å². The van der Waals surface area contributed by atoms with Gasteiger partial charge in [-0.2, -0.15) is 5.10 Å². The molecule has 2 aromatic carbocycles. The first-order chi connectivity index (χ1) is 13.9. The van der Waals surface area contributed by atoms with Crippen molar-refractivity contribution < 1.29 is 19.6 Å². The van der Waals surface area contributed by atoms with Crippen LogP contribution >= 0.6 is 11.3 Å². The van der Waals surface area contributed by atoms with Crippen molar-refractivity contribution in [3.63, 3.8) is 0 Å². The second kappa shape index (κ2) is 8.67. The minimum atomic E-state index is -1.09. The zero-order valence-corrected chi connectivity index (χ0v) is 15.3. The molecule has 0 aliphatic carbocycles. The molecule has 0 aliphatic heterocycles. The Kier molecular flexibility index (Phi) is 5.85. The number of nitrogens with zero attached hydrogens (tertiary/aromatic N) is 4. The van der Waals surface area contributed by atoms with Crippen molar-refractivity contribution in [3.05, 3.63) is 64.2 Å².